The largest absolute Gasteiger partial charge is 0.335 e. The normalized spacial score (nSPS) is 10.1. The van der Waals surface area contributed by atoms with E-state index in [9.17, 15) is 8.78 Å². The van der Waals surface area contributed by atoms with Gasteiger partial charge in [0.05, 0.1) is 0 Å². The third-order valence-electron chi connectivity index (χ3n) is 2.00. The second kappa shape index (κ2) is 4.30. The van der Waals surface area contributed by atoms with Crippen LogP contribution in [0.15, 0.2) is 36.5 Å². The van der Waals surface area contributed by atoms with E-state index in [4.69, 9.17) is 7.85 Å². The summed E-state index contributed by atoms with van der Waals surface area (Å²) in [6.45, 7) is 0. The van der Waals surface area contributed by atoms with E-state index >= 15 is 0 Å². The maximum absolute atomic E-state index is 13.3. The van der Waals surface area contributed by atoms with Gasteiger partial charge in [0.15, 0.2) is 0 Å². The van der Waals surface area contributed by atoms with Gasteiger partial charge in [0.1, 0.15) is 31.0 Å². The SMILES string of the molecule is [B]c1ccc(Nc2c(F)cccc2F)nc1. The zero-order valence-corrected chi connectivity index (χ0v) is 8.24. The topological polar surface area (TPSA) is 24.9 Å². The summed E-state index contributed by atoms with van der Waals surface area (Å²) in [5.74, 6) is -1.00. The van der Waals surface area contributed by atoms with Gasteiger partial charge in [0.2, 0.25) is 0 Å². The number of para-hydroxylation sites is 1. The molecule has 78 valence electrons. The van der Waals surface area contributed by atoms with Crippen molar-refractivity contribution < 1.29 is 8.78 Å². The summed E-state index contributed by atoms with van der Waals surface area (Å²) in [6.07, 6.45) is 1.40. The third kappa shape index (κ3) is 2.19. The molecule has 2 radical (unpaired) electrons. The Hall–Kier alpha value is -1.91. The van der Waals surface area contributed by atoms with Crippen molar-refractivity contribution in [2.24, 2.45) is 0 Å². The minimum Gasteiger partial charge on any atom is -0.335 e. The van der Waals surface area contributed by atoms with Crippen LogP contribution in [0, 0.1) is 11.6 Å². The number of halogens is 2. The summed E-state index contributed by atoms with van der Waals surface area (Å²) < 4.78 is 26.5. The summed E-state index contributed by atoms with van der Waals surface area (Å²) in [4.78, 5) is 3.89. The van der Waals surface area contributed by atoms with Crippen molar-refractivity contribution in [2.45, 2.75) is 0 Å². The van der Waals surface area contributed by atoms with Gasteiger partial charge in [-0.25, -0.2) is 13.8 Å². The van der Waals surface area contributed by atoms with Crippen molar-refractivity contribution >= 4 is 24.8 Å². The number of rotatable bonds is 2. The summed E-state index contributed by atoms with van der Waals surface area (Å²) in [6, 6.07) is 6.77. The summed E-state index contributed by atoms with van der Waals surface area (Å²) in [7, 11) is 5.44. The zero-order chi connectivity index (χ0) is 11.5. The van der Waals surface area contributed by atoms with Gasteiger partial charge >= 0.3 is 0 Å². The second-order valence-electron chi connectivity index (χ2n) is 3.20. The molecule has 1 heterocycles. The molecule has 1 N–H and O–H groups in total. The van der Waals surface area contributed by atoms with Gasteiger partial charge in [-0.3, -0.25) is 0 Å². The lowest BCUT2D eigenvalue weighted by Crippen LogP contribution is -2.05. The standard InChI is InChI=1S/C11H7BF2N2/c12-7-4-5-10(15-6-7)16-11-8(13)2-1-3-9(11)14/h1-6H,(H,15,16). The van der Waals surface area contributed by atoms with Gasteiger partial charge in [0, 0.05) is 6.20 Å². The van der Waals surface area contributed by atoms with E-state index in [2.05, 4.69) is 10.3 Å². The number of nitrogens with zero attached hydrogens (tertiary/aromatic N) is 1. The third-order valence-corrected chi connectivity index (χ3v) is 2.00. The molecule has 0 aliphatic heterocycles. The van der Waals surface area contributed by atoms with Gasteiger partial charge in [-0.1, -0.05) is 17.6 Å². The quantitative estimate of drug-likeness (QED) is 0.775. The molecule has 1 aromatic carbocycles. The minimum atomic E-state index is -0.668. The molecule has 0 aliphatic rings. The van der Waals surface area contributed by atoms with E-state index in [0.717, 1.165) is 0 Å². The van der Waals surface area contributed by atoms with Crippen LogP contribution in [0.1, 0.15) is 0 Å². The monoisotopic (exact) mass is 216 g/mol. The summed E-state index contributed by atoms with van der Waals surface area (Å²) in [5, 5.41) is 2.55. The molecule has 1 aromatic heterocycles. The number of hydrogen-bond donors (Lipinski definition) is 1. The van der Waals surface area contributed by atoms with E-state index in [1.807, 2.05) is 0 Å². The highest BCUT2D eigenvalue weighted by molar-refractivity contribution is 6.32. The molecule has 0 spiro atoms. The number of benzene rings is 1. The number of nitrogens with one attached hydrogen (secondary N) is 1. The van der Waals surface area contributed by atoms with Gasteiger partial charge in [0.25, 0.3) is 0 Å². The number of pyridine rings is 1. The first-order valence-electron chi connectivity index (χ1n) is 4.59. The van der Waals surface area contributed by atoms with Crippen molar-refractivity contribution in [3.8, 4) is 0 Å². The number of aromatic nitrogens is 1. The number of hydrogen-bond acceptors (Lipinski definition) is 2. The van der Waals surface area contributed by atoms with Crippen LogP contribution in [-0.2, 0) is 0 Å². The van der Waals surface area contributed by atoms with E-state index in [1.165, 1.54) is 24.4 Å². The van der Waals surface area contributed by atoms with Gasteiger partial charge in [-0.2, -0.15) is 0 Å². The van der Waals surface area contributed by atoms with Crippen molar-refractivity contribution in [3.05, 3.63) is 48.2 Å². The Kier molecular flexibility index (Phi) is 2.85. The second-order valence-corrected chi connectivity index (χ2v) is 3.20. The fourth-order valence-electron chi connectivity index (χ4n) is 1.22. The first kappa shape index (κ1) is 10.6. The van der Waals surface area contributed by atoms with E-state index in [1.54, 1.807) is 12.1 Å². The van der Waals surface area contributed by atoms with Crippen LogP contribution in [0.25, 0.3) is 0 Å². The molecular formula is C11H7BF2N2. The van der Waals surface area contributed by atoms with Gasteiger partial charge < -0.3 is 5.32 Å². The lowest BCUT2D eigenvalue weighted by molar-refractivity contribution is 0.590. The van der Waals surface area contributed by atoms with Crippen LogP contribution in [0.4, 0.5) is 20.3 Å². The van der Waals surface area contributed by atoms with Crippen LogP contribution in [0.5, 0.6) is 0 Å². The molecule has 0 aliphatic carbocycles. The molecule has 0 saturated heterocycles. The molecule has 0 fully saturated rings. The molecule has 5 heteroatoms. The minimum absolute atomic E-state index is 0.222. The molecular weight excluding hydrogens is 209 g/mol. The molecule has 0 saturated carbocycles. The Bertz CT molecular complexity index is 480. The van der Waals surface area contributed by atoms with Crippen molar-refractivity contribution in [1.82, 2.24) is 4.98 Å². The highest BCUT2D eigenvalue weighted by Crippen LogP contribution is 2.21. The Labute approximate surface area is 92.7 Å². The zero-order valence-electron chi connectivity index (χ0n) is 8.24. The first-order valence-corrected chi connectivity index (χ1v) is 4.59. The summed E-state index contributed by atoms with van der Waals surface area (Å²) in [5.41, 5.74) is 0.263. The van der Waals surface area contributed by atoms with Crippen molar-refractivity contribution in [3.63, 3.8) is 0 Å². The fourth-order valence-corrected chi connectivity index (χ4v) is 1.22. The highest BCUT2D eigenvalue weighted by atomic mass is 19.1. The average Bonchev–Trinajstić information content (AvgIpc) is 2.26. The van der Waals surface area contributed by atoms with Crippen LogP contribution in [0.2, 0.25) is 0 Å². The molecule has 0 bridgehead atoms. The molecule has 0 atom stereocenters. The van der Waals surface area contributed by atoms with Crippen molar-refractivity contribution in [2.75, 3.05) is 5.32 Å². The maximum atomic E-state index is 13.3. The molecule has 2 rings (SSSR count). The molecule has 2 nitrogen and oxygen atoms in total. The van der Waals surface area contributed by atoms with Crippen LogP contribution in [0.3, 0.4) is 0 Å². The average molecular weight is 216 g/mol. The Morgan fingerprint density at radius 1 is 1.06 bits per heavy atom. The van der Waals surface area contributed by atoms with Crippen LogP contribution < -0.4 is 10.8 Å². The van der Waals surface area contributed by atoms with Crippen LogP contribution in [-0.4, -0.2) is 12.8 Å². The number of anilines is 2. The predicted molar refractivity (Wildman–Crippen MR) is 59.3 cm³/mol. The fraction of sp³-hybridized carbons (Fsp3) is 0. The molecule has 0 amide bonds. The Morgan fingerprint density at radius 3 is 2.31 bits per heavy atom. The lowest BCUT2D eigenvalue weighted by atomic mass is 9.99. The van der Waals surface area contributed by atoms with Gasteiger partial charge in [-0.15, -0.1) is 0 Å². The predicted octanol–water partition coefficient (Wildman–Crippen LogP) is 1.90. The first-order chi connectivity index (χ1) is 7.66. The molecule has 2 aromatic rings. The van der Waals surface area contributed by atoms with E-state index in [-0.39, 0.29) is 5.69 Å². The Balaban J connectivity index is 2.30. The maximum Gasteiger partial charge on any atom is 0.149 e. The lowest BCUT2D eigenvalue weighted by Gasteiger charge is -2.07. The van der Waals surface area contributed by atoms with E-state index in [0.29, 0.717) is 11.3 Å². The highest BCUT2D eigenvalue weighted by Gasteiger charge is 2.08. The van der Waals surface area contributed by atoms with Gasteiger partial charge in [-0.05, 0) is 18.2 Å². The molecule has 0 unspecified atom stereocenters. The summed E-state index contributed by atoms with van der Waals surface area (Å²) >= 11 is 0. The Morgan fingerprint density at radius 2 is 1.75 bits per heavy atom. The molecule has 16 heavy (non-hydrogen) atoms. The smallest absolute Gasteiger partial charge is 0.149 e. The van der Waals surface area contributed by atoms with Crippen molar-refractivity contribution in [1.29, 1.82) is 0 Å². The van der Waals surface area contributed by atoms with E-state index < -0.39 is 11.6 Å². The van der Waals surface area contributed by atoms with Crippen LogP contribution >= 0.6 is 0 Å².